The van der Waals surface area contributed by atoms with Gasteiger partial charge in [-0.15, -0.1) is 0 Å². The number of carbonyl (C=O) groups is 2. The molecule has 2 saturated heterocycles. The van der Waals surface area contributed by atoms with Crippen molar-refractivity contribution in [1.82, 2.24) is 20.4 Å². The molecule has 0 aliphatic carbocycles. The average Bonchev–Trinajstić information content (AvgIpc) is 2.48. The molecular formula is C14H26N4O2. The summed E-state index contributed by atoms with van der Waals surface area (Å²) in [6.45, 7) is 7.24. The first-order chi connectivity index (χ1) is 9.70. The molecule has 20 heavy (non-hydrogen) atoms. The van der Waals surface area contributed by atoms with E-state index >= 15 is 0 Å². The molecule has 3 amide bonds. The molecule has 2 heterocycles. The van der Waals surface area contributed by atoms with Gasteiger partial charge in [-0.3, -0.25) is 4.79 Å². The van der Waals surface area contributed by atoms with Gasteiger partial charge in [-0.1, -0.05) is 0 Å². The van der Waals surface area contributed by atoms with Crippen molar-refractivity contribution in [2.75, 3.05) is 45.8 Å². The number of hydrogen-bond donors (Lipinski definition) is 2. The predicted octanol–water partition coefficient (Wildman–Crippen LogP) is 0.250. The van der Waals surface area contributed by atoms with Crippen LogP contribution in [0.5, 0.6) is 0 Å². The number of hydrogen-bond acceptors (Lipinski definition) is 3. The van der Waals surface area contributed by atoms with E-state index in [0.29, 0.717) is 45.1 Å². The molecule has 6 nitrogen and oxygen atoms in total. The molecule has 114 valence electrons. The summed E-state index contributed by atoms with van der Waals surface area (Å²) in [7, 11) is 0. The van der Waals surface area contributed by atoms with Crippen LogP contribution in [-0.2, 0) is 4.79 Å². The van der Waals surface area contributed by atoms with Gasteiger partial charge in [0.25, 0.3) is 0 Å². The standard InChI is InChI=1S/C14H26N4O2/c1-2-16-14(20)18-9-7-17(8-10-18)13(19)11-12-3-5-15-6-4-12/h12,15H,2-11H2,1H3,(H,16,20). The van der Waals surface area contributed by atoms with Crippen LogP contribution in [0.3, 0.4) is 0 Å². The fraction of sp³-hybridized carbons (Fsp3) is 0.857. The van der Waals surface area contributed by atoms with E-state index in [1.165, 1.54) is 0 Å². The smallest absolute Gasteiger partial charge is 0.317 e. The normalized spacial score (nSPS) is 20.9. The fourth-order valence-electron chi connectivity index (χ4n) is 2.88. The first-order valence-corrected chi connectivity index (χ1v) is 7.72. The maximum Gasteiger partial charge on any atom is 0.317 e. The number of rotatable bonds is 3. The number of nitrogens with zero attached hydrogens (tertiary/aromatic N) is 2. The Labute approximate surface area is 120 Å². The topological polar surface area (TPSA) is 64.7 Å². The number of nitrogens with one attached hydrogen (secondary N) is 2. The van der Waals surface area contributed by atoms with E-state index in [4.69, 9.17) is 0 Å². The summed E-state index contributed by atoms with van der Waals surface area (Å²) in [5, 5.41) is 6.12. The highest BCUT2D eigenvalue weighted by molar-refractivity contribution is 5.77. The van der Waals surface area contributed by atoms with Gasteiger partial charge in [0.05, 0.1) is 0 Å². The zero-order valence-corrected chi connectivity index (χ0v) is 12.4. The number of piperidine rings is 1. The summed E-state index contributed by atoms with van der Waals surface area (Å²) in [5.74, 6) is 0.789. The van der Waals surface area contributed by atoms with Gasteiger partial charge in [0, 0.05) is 39.1 Å². The Kier molecular flexibility index (Phi) is 5.64. The van der Waals surface area contributed by atoms with Gasteiger partial charge in [0.2, 0.25) is 5.91 Å². The fourth-order valence-corrected chi connectivity index (χ4v) is 2.88. The Balaban J connectivity index is 1.72. The summed E-state index contributed by atoms with van der Waals surface area (Å²) in [5.41, 5.74) is 0. The maximum atomic E-state index is 12.3. The Morgan fingerprint density at radius 1 is 1.10 bits per heavy atom. The van der Waals surface area contributed by atoms with Gasteiger partial charge in [-0.25, -0.2) is 4.79 Å². The van der Waals surface area contributed by atoms with E-state index in [1.54, 1.807) is 4.90 Å². The minimum Gasteiger partial charge on any atom is -0.339 e. The molecule has 0 unspecified atom stereocenters. The van der Waals surface area contributed by atoms with E-state index in [1.807, 2.05) is 11.8 Å². The van der Waals surface area contributed by atoms with Crippen LogP contribution in [0.4, 0.5) is 4.79 Å². The molecule has 0 aromatic heterocycles. The first kappa shape index (κ1) is 15.1. The lowest BCUT2D eigenvalue weighted by Crippen LogP contribution is -2.53. The lowest BCUT2D eigenvalue weighted by atomic mass is 9.94. The molecule has 0 bridgehead atoms. The lowest BCUT2D eigenvalue weighted by molar-refractivity contribution is -0.133. The zero-order valence-electron chi connectivity index (χ0n) is 12.4. The molecule has 0 atom stereocenters. The van der Waals surface area contributed by atoms with Crippen molar-refractivity contribution in [2.45, 2.75) is 26.2 Å². The van der Waals surface area contributed by atoms with Crippen LogP contribution in [0.1, 0.15) is 26.2 Å². The molecule has 2 N–H and O–H groups in total. The Morgan fingerprint density at radius 2 is 1.70 bits per heavy atom. The third-order valence-electron chi connectivity index (χ3n) is 4.17. The predicted molar refractivity (Wildman–Crippen MR) is 77.4 cm³/mol. The van der Waals surface area contributed by atoms with Gasteiger partial charge in [-0.2, -0.15) is 0 Å². The number of carbonyl (C=O) groups excluding carboxylic acids is 2. The summed E-state index contributed by atoms with van der Waals surface area (Å²) < 4.78 is 0. The molecular weight excluding hydrogens is 256 g/mol. The van der Waals surface area contributed by atoms with Crippen LogP contribution in [0.25, 0.3) is 0 Å². The quantitative estimate of drug-likeness (QED) is 0.780. The highest BCUT2D eigenvalue weighted by Gasteiger charge is 2.25. The Morgan fingerprint density at radius 3 is 2.30 bits per heavy atom. The average molecular weight is 282 g/mol. The number of piperazine rings is 1. The highest BCUT2D eigenvalue weighted by atomic mass is 16.2. The largest absolute Gasteiger partial charge is 0.339 e. The molecule has 0 saturated carbocycles. The number of urea groups is 1. The van der Waals surface area contributed by atoms with Crippen LogP contribution in [-0.4, -0.2) is 67.6 Å². The van der Waals surface area contributed by atoms with E-state index < -0.39 is 0 Å². The van der Waals surface area contributed by atoms with E-state index in [9.17, 15) is 9.59 Å². The first-order valence-electron chi connectivity index (χ1n) is 7.72. The van der Waals surface area contributed by atoms with Crippen LogP contribution < -0.4 is 10.6 Å². The molecule has 0 aromatic rings. The second-order valence-corrected chi connectivity index (χ2v) is 5.60. The van der Waals surface area contributed by atoms with E-state index in [2.05, 4.69) is 10.6 Å². The van der Waals surface area contributed by atoms with Gasteiger partial charge in [-0.05, 0) is 38.8 Å². The molecule has 2 fully saturated rings. The minimum absolute atomic E-state index is 0.0158. The zero-order chi connectivity index (χ0) is 14.4. The Hall–Kier alpha value is -1.30. The van der Waals surface area contributed by atoms with Crippen LogP contribution in [0.2, 0.25) is 0 Å². The van der Waals surface area contributed by atoms with Gasteiger partial charge in [0.15, 0.2) is 0 Å². The Bertz CT molecular complexity index is 334. The summed E-state index contributed by atoms with van der Waals surface area (Å²) in [4.78, 5) is 27.7. The SMILES string of the molecule is CCNC(=O)N1CCN(C(=O)CC2CCNCC2)CC1. The van der Waals surface area contributed by atoms with Crippen molar-refractivity contribution < 1.29 is 9.59 Å². The van der Waals surface area contributed by atoms with Crippen LogP contribution >= 0.6 is 0 Å². The second kappa shape index (κ2) is 7.47. The van der Waals surface area contributed by atoms with Gasteiger partial charge in [0.1, 0.15) is 0 Å². The van der Waals surface area contributed by atoms with Crippen molar-refractivity contribution in [1.29, 1.82) is 0 Å². The molecule has 0 aromatic carbocycles. The van der Waals surface area contributed by atoms with Crippen molar-refractivity contribution >= 4 is 11.9 Å². The lowest BCUT2D eigenvalue weighted by Gasteiger charge is -2.35. The molecule has 0 radical (unpaired) electrons. The third-order valence-corrected chi connectivity index (χ3v) is 4.17. The van der Waals surface area contributed by atoms with E-state index in [-0.39, 0.29) is 11.9 Å². The molecule has 2 aliphatic heterocycles. The summed E-state index contributed by atoms with van der Waals surface area (Å²) in [6, 6.07) is -0.0158. The van der Waals surface area contributed by atoms with Crippen molar-refractivity contribution in [3.8, 4) is 0 Å². The van der Waals surface area contributed by atoms with Crippen LogP contribution in [0, 0.1) is 5.92 Å². The van der Waals surface area contributed by atoms with Crippen molar-refractivity contribution in [3.05, 3.63) is 0 Å². The van der Waals surface area contributed by atoms with Crippen LogP contribution in [0.15, 0.2) is 0 Å². The second-order valence-electron chi connectivity index (χ2n) is 5.60. The maximum absolute atomic E-state index is 12.3. The highest BCUT2D eigenvalue weighted by Crippen LogP contribution is 2.17. The molecule has 2 aliphatic rings. The number of amides is 3. The summed E-state index contributed by atoms with van der Waals surface area (Å²) >= 11 is 0. The third kappa shape index (κ3) is 4.10. The van der Waals surface area contributed by atoms with Gasteiger partial charge >= 0.3 is 6.03 Å². The molecule has 0 spiro atoms. The molecule has 6 heteroatoms. The van der Waals surface area contributed by atoms with Crippen molar-refractivity contribution in [3.63, 3.8) is 0 Å². The monoisotopic (exact) mass is 282 g/mol. The van der Waals surface area contributed by atoms with Gasteiger partial charge < -0.3 is 20.4 Å². The molecule has 2 rings (SSSR count). The van der Waals surface area contributed by atoms with E-state index in [0.717, 1.165) is 25.9 Å². The minimum atomic E-state index is -0.0158. The van der Waals surface area contributed by atoms with Crippen molar-refractivity contribution in [2.24, 2.45) is 5.92 Å². The summed E-state index contributed by atoms with van der Waals surface area (Å²) in [6.07, 6.45) is 2.87.